The lowest BCUT2D eigenvalue weighted by Crippen LogP contribution is -2.23. The Hall–Kier alpha value is -1.51. The van der Waals surface area contributed by atoms with E-state index in [2.05, 4.69) is 56.1 Å². The number of nitrogens with two attached hydrogens (primary N) is 1. The van der Waals surface area contributed by atoms with Gasteiger partial charge in [0.2, 0.25) is 0 Å². The molecule has 2 aromatic rings. The predicted molar refractivity (Wildman–Crippen MR) is 92.7 cm³/mol. The Labute approximate surface area is 132 Å². The van der Waals surface area contributed by atoms with Crippen LogP contribution >= 0.6 is 11.6 Å². The van der Waals surface area contributed by atoms with Crippen LogP contribution in [0.1, 0.15) is 24.5 Å². The van der Waals surface area contributed by atoms with Crippen LogP contribution in [0.3, 0.4) is 0 Å². The number of halogens is 1. The fraction of sp³-hybridized carbons (Fsp3) is 0.333. The molecular weight excluding hydrogens is 280 g/mol. The van der Waals surface area contributed by atoms with Crippen molar-refractivity contribution in [2.75, 3.05) is 11.9 Å². The molecule has 0 bridgehead atoms. The Balaban J connectivity index is 2.41. The van der Waals surface area contributed by atoms with Crippen LogP contribution in [0, 0.1) is 6.92 Å². The van der Waals surface area contributed by atoms with Crippen molar-refractivity contribution in [3.8, 4) is 0 Å². The largest absolute Gasteiger partial charge is 0.344 e. The topological polar surface area (TPSA) is 29.3 Å². The number of rotatable bonds is 5. The summed E-state index contributed by atoms with van der Waals surface area (Å²) in [6, 6.07) is 14.6. The third kappa shape index (κ3) is 3.78. The van der Waals surface area contributed by atoms with Gasteiger partial charge in [0.15, 0.2) is 0 Å². The van der Waals surface area contributed by atoms with Crippen LogP contribution in [-0.4, -0.2) is 13.1 Å². The maximum atomic E-state index is 6.41. The van der Waals surface area contributed by atoms with E-state index in [1.54, 1.807) is 0 Å². The van der Waals surface area contributed by atoms with Crippen molar-refractivity contribution >= 4 is 23.0 Å². The number of hydrogen-bond acceptors (Lipinski definition) is 2. The van der Waals surface area contributed by atoms with Crippen LogP contribution in [0.4, 0.5) is 11.4 Å². The molecule has 2 N–H and O–H groups in total. The van der Waals surface area contributed by atoms with E-state index in [0.717, 1.165) is 34.8 Å². The SMILES string of the molecule is CCC(N)Cc1c(Cl)cccc1N(C)c1cccc(C)c1. The van der Waals surface area contributed by atoms with Crippen LogP contribution in [0.5, 0.6) is 0 Å². The van der Waals surface area contributed by atoms with Crippen molar-refractivity contribution in [2.24, 2.45) is 5.73 Å². The van der Waals surface area contributed by atoms with Gasteiger partial charge in [0.25, 0.3) is 0 Å². The Kier molecular flexibility index (Phi) is 5.27. The highest BCUT2D eigenvalue weighted by Gasteiger charge is 2.14. The summed E-state index contributed by atoms with van der Waals surface area (Å²) in [4.78, 5) is 2.18. The van der Waals surface area contributed by atoms with Crippen LogP contribution in [-0.2, 0) is 6.42 Å². The Morgan fingerprint density at radius 1 is 1.19 bits per heavy atom. The summed E-state index contributed by atoms with van der Waals surface area (Å²) in [5.74, 6) is 0. The summed E-state index contributed by atoms with van der Waals surface area (Å²) < 4.78 is 0. The standard InChI is InChI=1S/C18H23ClN2/c1-4-14(20)12-16-17(19)9-6-10-18(16)21(3)15-8-5-7-13(2)11-15/h5-11,14H,4,12,20H2,1-3H3. The molecule has 1 unspecified atom stereocenters. The van der Waals surface area contributed by atoms with Gasteiger partial charge < -0.3 is 10.6 Å². The Morgan fingerprint density at radius 3 is 2.57 bits per heavy atom. The minimum Gasteiger partial charge on any atom is -0.344 e. The molecule has 0 fully saturated rings. The molecule has 1 atom stereocenters. The van der Waals surface area contributed by atoms with Gasteiger partial charge in [0.05, 0.1) is 0 Å². The molecule has 0 amide bonds. The maximum absolute atomic E-state index is 6.41. The summed E-state index contributed by atoms with van der Waals surface area (Å²) in [5, 5.41) is 0.788. The Morgan fingerprint density at radius 2 is 1.90 bits per heavy atom. The van der Waals surface area contributed by atoms with Crippen LogP contribution in [0.15, 0.2) is 42.5 Å². The first-order valence-corrected chi connectivity index (χ1v) is 7.74. The third-order valence-corrected chi connectivity index (χ3v) is 4.19. The Bertz CT molecular complexity index is 610. The van der Waals surface area contributed by atoms with E-state index in [4.69, 9.17) is 17.3 Å². The molecule has 0 radical (unpaired) electrons. The lowest BCUT2D eigenvalue weighted by Gasteiger charge is -2.25. The smallest absolute Gasteiger partial charge is 0.0459 e. The molecule has 0 saturated carbocycles. The van der Waals surface area contributed by atoms with Gasteiger partial charge in [0.1, 0.15) is 0 Å². The van der Waals surface area contributed by atoms with E-state index in [9.17, 15) is 0 Å². The highest BCUT2D eigenvalue weighted by molar-refractivity contribution is 6.31. The van der Waals surface area contributed by atoms with Gasteiger partial charge in [-0.1, -0.05) is 36.7 Å². The zero-order chi connectivity index (χ0) is 15.4. The summed E-state index contributed by atoms with van der Waals surface area (Å²) >= 11 is 6.41. The molecule has 0 aliphatic heterocycles. The first-order valence-electron chi connectivity index (χ1n) is 7.36. The van der Waals surface area contributed by atoms with Gasteiger partial charge >= 0.3 is 0 Å². The van der Waals surface area contributed by atoms with E-state index >= 15 is 0 Å². The minimum absolute atomic E-state index is 0.134. The highest BCUT2D eigenvalue weighted by Crippen LogP contribution is 2.32. The minimum atomic E-state index is 0.134. The predicted octanol–water partition coefficient (Wildman–Crippen LogP) is 4.70. The first kappa shape index (κ1) is 15.9. The molecule has 0 saturated heterocycles. The molecule has 0 aliphatic carbocycles. The zero-order valence-electron chi connectivity index (χ0n) is 12.9. The van der Waals surface area contributed by atoms with Gasteiger partial charge in [-0.2, -0.15) is 0 Å². The van der Waals surface area contributed by atoms with E-state index < -0.39 is 0 Å². The average molecular weight is 303 g/mol. The first-order chi connectivity index (χ1) is 10.0. The van der Waals surface area contributed by atoms with Crippen molar-refractivity contribution in [1.82, 2.24) is 0 Å². The van der Waals surface area contributed by atoms with Crippen LogP contribution in [0.2, 0.25) is 5.02 Å². The van der Waals surface area contributed by atoms with Gasteiger partial charge in [-0.05, 0) is 55.2 Å². The molecule has 3 heteroatoms. The summed E-state index contributed by atoms with van der Waals surface area (Å²) in [5.41, 5.74) is 10.8. The molecule has 0 heterocycles. The number of anilines is 2. The normalized spacial score (nSPS) is 12.2. The maximum Gasteiger partial charge on any atom is 0.0459 e. The summed E-state index contributed by atoms with van der Waals surface area (Å²) in [7, 11) is 2.07. The lowest BCUT2D eigenvalue weighted by atomic mass is 10.0. The summed E-state index contributed by atoms with van der Waals surface area (Å²) in [6.07, 6.45) is 1.74. The second kappa shape index (κ2) is 6.97. The van der Waals surface area contributed by atoms with Crippen molar-refractivity contribution in [2.45, 2.75) is 32.7 Å². The molecule has 112 valence electrons. The van der Waals surface area contributed by atoms with Crippen molar-refractivity contribution in [3.63, 3.8) is 0 Å². The number of benzene rings is 2. The van der Waals surface area contributed by atoms with Crippen molar-refractivity contribution < 1.29 is 0 Å². The van der Waals surface area contributed by atoms with E-state index in [0.29, 0.717) is 0 Å². The van der Waals surface area contributed by atoms with Gasteiger partial charge in [-0.25, -0.2) is 0 Å². The molecule has 0 aliphatic rings. The number of aryl methyl sites for hydroxylation is 1. The van der Waals surface area contributed by atoms with Gasteiger partial charge in [0, 0.05) is 29.5 Å². The molecule has 21 heavy (non-hydrogen) atoms. The fourth-order valence-corrected chi connectivity index (χ4v) is 2.69. The monoisotopic (exact) mass is 302 g/mol. The molecule has 0 spiro atoms. The zero-order valence-corrected chi connectivity index (χ0v) is 13.7. The third-order valence-electron chi connectivity index (χ3n) is 3.84. The van der Waals surface area contributed by atoms with E-state index in [-0.39, 0.29) is 6.04 Å². The average Bonchev–Trinajstić information content (AvgIpc) is 2.48. The number of hydrogen-bond donors (Lipinski definition) is 1. The van der Waals surface area contributed by atoms with Crippen molar-refractivity contribution in [1.29, 1.82) is 0 Å². The van der Waals surface area contributed by atoms with E-state index in [1.165, 1.54) is 5.56 Å². The molecule has 2 aromatic carbocycles. The second-order valence-corrected chi connectivity index (χ2v) is 5.92. The van der Waals surface area contributed by atoms with Gasteiger partial charge in [-0.15, -0.1) is 0 Å². The molecule has 2 nitrogen and oxygen atoms in total. The molecule has 0 aromatic heterocycles. The molecule has 2 rings (SSSR count). The molecular formula is C18H23ClN2. The highest BCUT2D eigenvalue weighted by atomic mass is 35.5. The van der Waals surface area contributed by atoms with Crippen LogP contribution in [0.25, 0.3) is 0 Å². The van der Waals surface area contributed by atoms with Crippen LogP contribution < -0.4 is 10.6 Å². The van der Waals surface area contributed by atoms with Gasteiger partial charge in [-0.3, -0.25) is 0 Å². The number of nitrogens with zero attached hydrogens (tertiary/aromatic N) is 1. The van der Waals surface area contributed by atoms with E-state index in [1.807, 2.05) is 12.1 Å². The fourth-order valence-electron chi connectivity index (χ4n) is 2.45. The second-order valence-electron chi connectivity index (χ2n) is 5.51. The lowest BCUT2D eigenvalue weighted by molar-refractivity contribution is 0.646. The van der Waals surface area contributed by atoms with Crippen molar-refractivity contribution in [3.05, 3.63) is 58.6 Å². The quantitative estimate of drug-likeness (QED) is 0.867. The summed E-state index contributed by atoms with van der Waals surface area (Å²) in [6.45, 7) is 4.20.